The summed E-state index contributed by atoms with van der Waals surface area (Å²) in [6.45, 7) is 19.6. The quantitative estimate of drug-likeness (QED) is 0.364. The lowest BCUT2D eigenvalue weighted by Crippen LogP contribution is -2.09. The summed E-state index contributed by atoms with van der Waals surface area (Å²) in [4.78, 5) is 17.4. The van der Waals surface area contributed by atoms with Gasteiger partial charge in [-0.15, -0.1) is 0 Å². The summed E-state index contributed by atoms with van der Waals surface area (Å²) in [6.07, 6.45) is 6.35. The lowest BCUT2D eigenvalue weighted by Gasteiger charge is -2.17. The summed E-state index contributed by atoms with van der Waals surface area (Å²) in [5.41, 5.74) is 8.77. The van der Waals surface area contributed by atoms with Crippen molar-refractivity contribution in [3.8, 4) is 22.4 Å². The molecule has 1 aromatic heterocycles. The molecular formula is C32H43NO2. The molecule has 0 fully saturated rings. The van der Waals surface area contributed by atoms with E-state index in [0.29, 0.717) is 0 Å². The zero-order chi connectivity index (χ0) is 27.0. The zero-order valence-corrected chi connectivity index (χ0v) is 23.1. The first kappa shape index (κ1) is 31.7. The van der Waals surface area contributed by atoms with E-state index in [1.165, 1.54) is 11.1 Å². The molecule has 3 aromatic rings. The lowest BCUT2D eigenvalue weighted by molar-refractivity contribution is 0.101. The number of Topliss-reactive ketones (excluding diaryl/α,β-unsaturated/α-hetero) is 1. The first-order valence-corrected chi connectivity index (χ1v) is 12.4. The molecule has 0 radical (unpaired) electrons. The van der Waals surface area contributed by atoms with E-state index in [2.05, 4.69) is 69.0 Å². The number of ketones is 1. The fourth-order valence-corrected chi connectivity index (χ4v) is 3.70. The normalized spacial score (nSPS) is 9.66. The van der Waals surface area contributed by atoms with Gasteiger partial charge in [0.25, 0.3) is 0 Å². The van der Waals surface area contributed by atoms with Gasteiger partial charge in [0.1, 0.15) is 0 Å². The van der Waals surface area contributed by atoms with E-state index in [1.54, 1.807) is 13.0 Å². The number of aryl methyl sites for hydroxylation is 1. The maximum absolute atomic E-state index is 12.5. The van der Waals surface area contributed by atoms with Crippen molar-refractivity contribution in [3.63, 3.8) is 0 Å². The van der Waals surface area contributed by atoms with E-state index < -0.39 is 0 Å². The minimum absolute atomic E-state index is 0.0439. The molecule has 2 aromatic carbocycles. The van der Waals surface area contributed by atoms with Crippen LogP contribution in [0.2, 0.25) is 0 Å². The molecule has 0 aliphatic carbocycles. The zero-order valence-electron chi connectivity index (χ0n) is 23.1. The molecule has 188 valence electrons. The number of carbonyl (C=O) groups excluding carboxylic acids is 1. The van der Waals surface area contributed by atoms with Crippen LogP contribution in [-0.2, 0) is 6.42 Å². The Morgan fingerprint density at radius 1 is 0.914 bits per heavy atom. The van der Waals surface area contributed by atoms with E-state index in [1.807, 2.05) is 46.8 Å². The molecule has 0 bridgehead atoms. The fourth-order valence-electron chi connectivity index (χ4n) is 3.70. The average molecular weight is 474 g/mol. The number of pyridine rings is 1. The van der Waals surface area contributed by atoms with E-state index in [9.17, 15) is 4.79 Å². The molecule has 0 atom stereocenters. The van der Waals surface area contributed by atoms with E-state index in [0.717, 1.165) is 52.7 Å². The number of aliphatic hydroxyl groups is 1. The van der Waals surface area contributed by atoms with Gasteiger partial charge in [-0.25, -0.2) is 4.98 Å². The van der Waals surface area contributed by atoms with Crippen molar-refractivity contribution in [2.75, 3.05) is 7.11 Å². The minimum atomic E-state index is 0.0439. The summed E-state index contributed by atoms with van der Waals surface area (Å²) in [6, 6.07) is 16.9. The summed E-state index contributed by atoms with van der Waals surface area (Å²) >= 11 is 0. The Kier molecular flexibility index (Phi) is 15.6. The number of aliphatic hydroxyl groups excluding tert-OH is 1. The van der Waals surface area contributed by atoms with Crippen LogP contribution in [0.5, 0.6) is 0 Å². The number of allylic oxidation sites excluding steroid dienone is 1. The second-order valence-electron chi connectivity index (χ2n) is 7.17. The highest BCUT2D eigenvalue weighted by molar-refractivity contribution is 6.01. The Morgan fingerprint density at radius 2 is 1.37 bits per heavy atom. The van der Waals surface area contributed by atoms with Gasteiger partial charge in [0.2, 0.25) is 0 Å². The van der Waals surface area contributed by atoms with Crippen molar-refractivity contribution < 1.29 is 9.90 Å². The van der Waals surface area contributed by atoms with Gasteiger partial charge in [-0.05, 0) is 50.0 Å². The Bertz CT molecular complexity index is 1080. The molecule has 0 aliphatic heterocycles. The Hall–Kier alpha value is -3.30. The van der Waals surface area contributed by atoms with Gasteiger partial charge in [0.05, 0.1) is 11.4 Å². The Balaban J connectivity index is 0.00000179. The smallest absolute Gasteiger partial charge is 0.160 e. The van der Waals surface area contributed by atoms with Crippen molar-refractivity contribution in [1.29, 1.82) is 0 Å². The van der Waals surface area contributed by atoms with Gasteiger partial charge in [0.15, 0.2) is 5.78 Å². The molecule has 0 spiro atoms. The predicted octanol–water partition coefficient (Wildman–Crippen LogP) is 8.83. The Morgan fingerprint density at radius 3 is 1.77 bits per heavy atom. The summed E-state index contributed by atoms with van der Waals surface area (Å²) in [7, 11) is 1.00. The largest absolute Gasteiger partial charge is 0.400 e. The van der Waals surface area contributed by atoms with Crippen LogP contribution in [0, 0.1) is 6.92 Å². The van der Waals surface area contributed by atoms with E-state index >= 15 is 0 Å². The van der Waals surface area contributed by atoms with Crippen molar-refractivity contribution in [1.82, 2.24) is 4.98 Å². The van der Waals surface area contributed by atoms with Gasteiger partial charge in [-0.3, -0.25) is 4.79 Å². The van der Waals surface area contributed by atoms with Crippen LogP contribution in [0.15, 0.2) is 61.2 Å². The molecule has 3 rings (SSSR count). The van der Waals surface area contributed by atoms with Gasteiger partial charge in [-0.1, -0.05) is 107 Å². The molecule has 0 saturated carbocycles. The standard InChI is InChI=1S/C27H27NO.2C2H6.CH4O/c1-6-9-25-23(7-2)26(19(5)29)24(8-3)27(28-25)22-16-14-21(15-17-22)20-12-10-18(4)11-13-20;3*1-2/h6-7,9-17H,2,8H2,1,3-5H3;2*1-2H3;2H,1H3/b9-6-;;;. The lowest BCUT2D eigenvalue weighted by atomic mass is 9.90. The van der Waals surface area contributed by atoms with Crippen LogP contribution in [0.3, 0.4) is 0 Å². The molecule has 0 amide bonds. The maximum Gasteiger partial charge on any atom is 0.160 e. The fraction of sp³-hybridized carbons (Fsp3) is 0.312. The van der Waals surface area contributed by atoms with Crippen LogP contribution in [0.1, 0.15) is 81.2 Å². The number of nitrogens with zero attached hydrogens (tertiary/aromatic N) is 1. The highest BCUT2D eigenvalue weighted by Gasteiger charge is 2.20. The van der Waals surface area contributed by atoms with Crippen molar-refractivity contribution in [2.24, 2.45) is 0 Å². The second-order valence-corrected chi connectivity index (χ2v) is 7.17. The number of hydrogen-bond acceptors (Lipinski definition) is 3. The highest BCUT2D eigenvalue weighted by Crippen LogP contribution is 2.32. The molecule has 35 heavy (non-hydrogen) atoms. The van der Waals surface area contributed by atoms with Crippen LogP contribution >= 0.6 is 0 Å². The van der Waals surface area contributed by atoms with Crippen LogP contribution in [0.25, 0.3) is 34.5 Å². The molecule has 0 saturated heterocycles. The minimum Gasteiger partial charge on any atom is -0.400 e. The maximum atomic E-state index is 12.5. The Labute approximate surface area is 213 Å². The third kappa shape index (κ3) is 8.15. The number of benzene rings is 2. The van der Waals surface area contributed by atoms with Gasteiger partial charge >= 0.3 is 0 Å². The van der Waals surface area contributed by atoms with Crippen molar-refractivity contribution >= 4 is 17.9 Å². The number of aromatic nitrogens is 1. The topological polar surface area (TPSA) is 50.2 Å². The molecule has 3 heteroatoms. The monoisotopic (exact) mass is 473 g/mol. The molecule has 1 heterocycles. The van der Waals surface area contributed by atoms with Crippen molar-refractivity contribution in [2.45, 2.75) is 61.8 Å². The molecular weight excluding hydrogens is 430 g/mol. The molecule has 0 aliphatic rings. The van der Waals surface area contributed by atoms with Crippen LogP contribution < -0.4 is 0 Å². The van der Waals surface area contributed by atoms with E-state index in [-0.39, 0.29) is 5.78 Å². The number of rotatable bonds is 6. The summed E-state index contributed by atoms with van der Waals surface area (Å²) in [5, 5.41) is 7.00. The van der Waals surface area contributed by atoms with Crippen LogP contribution in [0.4, 0.5) is 0 Å². The van der Waals surface area contributed by atoms with Crippen LogP contribution in [-0.4, -0.2) is 23.0 Å². The highest BCUT2D eigenvalue weighted by atomic mass is 16.2. The number of carbonyl (C=O) groups is 1. The second kappa shape index (κ2) is 17.2. The predicted molar refractivity (Wildman–Crippen MR) is 155 cm³/mol. The van der Waals surface area contributed by atoms with E-state index in [4.69, 9.17) is 10.1 Å². The summed E-state index contributed by atoms with van der Waals surface area (Å²) in [5.74, 6) is 0.0439. The van der Waals surface area contributed by atoms with Gasteiger partial charge in [-0.2, -0.15) is 0 Å². The summed E-state index contributed by atoms with van der Waals surface area (Å²) < 4.78 is 0. The molecule has 1 N–H and O–H groups in total. The third-order valence-corrected chi connectivity index (χ3v) is 5.14. The van der Waals surface area contributed by atoms with Gasteiger partial charge < -0.3 is 5.11 Å². The average Bonchev–Trinajstić information content (AvgIpc) is 2.92. The first-order chi connectivity index (χ1) is 17.0. The molecule has 3 nitrogen and oxygen atoms in total. The van der Waals surface area contributed by atoms with Gasteiger partial charge in [0, 0.05) is 23.8 Å². The SMILES string of the molecule is C=Cc1c(/C=C\C)nc(-c2ccc(-c3ccc(C)cc3)cc2)c(CC)c1C(C)=O.CC.CC.CO. The number of hydrogen-bond donors (Lipinski definition) is 1. The molecule has 0 unspecified atom stereocenters. The van der Waals surface area contributed by atoms with Crippen molar-refractivity contribution in [3.05, 3.63) is 89.1 Å². The third-order valence-electron chi connectivity index (χ3n) is 5.14. The first-order valence-electron chi connectivity index (χ1n) is 12.4.